The molecule has 3 N–H and O–H groups in total. The molecule has 0 amide bonds. The summed E-state index contributed by atoms with van der Waals surface area (Å²) >= 11 is 1.84. The second-order valence-electron chi connectivity index (χ2n) is 5.16. The third-order valence-corrected chi connectivity index (χ3v) is 5.27. The van der Waals surface area contributed by atoms with E-state index in [1.807, 2.05) is 29.5 Å². The minimum absolute atomic E-state index is 0.0781. The standard InChI is InChI=1S/C16H20N2O2S/c1-19-11-6-7-13(20-2)12(9-11)16(18-17)15-8-10-4-3-5-14(10)21-15/h6-9,16,18H,3-5,17H2,1-2H3. The van der Waals surface area contributed by atoms with E-state index >= 15 is 0 Å². The van der Waals surface area contributed by atoms with Crippen molar-refractivity contribution < 1.29 is 9.47 Å². The number of hydrazine groups is 1. The highest BCUT2D eigenvalue weighted by atomic mass is 32.1. The predicted molar refractivity (Wildman–Crippen MR) is 85.1 cm³/mol. The molecule has 1 aromatic carbocycles. The topological polar surface area (TPSA) is 56.5 Å². The van der Waals surface area contributed by atoms with Gasteiger partial charge >= 0.3 is 0 Å². The van der Waals surface area contributed by atoms with E-state index in [4.69, 9.17) is 15.3 Å². The Balaban J connectivity index is 2.02. The van der Waals surface area contributed by atoms with Crippen molar-refractivity contribution >= 4 is 11.3 Å². The van der Waals surface area contributed by atoms with Crippen molar-refractivity contribution in [2.75, 3.05) is 14.2 Å². The lowest BCUT2D eigenvalue weighted by Crippen LogP contribution is -2.28. The number of fused-ring (bicyclic) bond motifs is 1. The zero-order chi connectivity index (χ0) is 14.8. The van der Waals surface area contributed by atoms with Crippen LogP contribution in [0.3, 0.4) is 0 Å². The number of ether oxygens (including phenoxy) is 2. The summed E-state index contributed by atoms with van der Waals surface area (Å²) in [6.45, 7) is 0. The van der Waals surface area contributed by atoms with Crippen molar-refractivity contribution in [1.82, 2.24) is 5.43 Å². The van der Waals surface area contributed by atoms with Crippen LogP contribution >= 0.6 is 11.3 Å². The molecular weight excluding hydrogens is 284 g/mol. The van der Waals surface area contributed by atoms with Gasteiger partial charge in [0.1, 0.15) is 11.5 Å². The Morgan fingerprint density at radius 2 is 2.05 bits per heavy atom. The van der Waals surface area contributed by atoms with Gasteiger partial charge in [-0.3, -0.25) is 5.84 Å². The number of hydrogen-bond donors (Lipinski definition) is 2. The maximum atomic E-state index is 5.83. The monoisotopic (exact) mass is 304 g/mol. The molecule has 0 spiro atoms. The number of hydrogen-bond acceptors (Lipinski definition) is 5. The molecule has 0 saturated heterocycles. The minimum atomic E-state index is -0.0781. The maximum Gasteiger partial charge on any atom is 0.124 e. The molecule has 1 aliphatic rings. The summed E-state index contributed by atoms with van der Waals surface area (Å²) in [7, 11) is 3.34. The van der Waals surface area contributed by atoms with Crippen LogP contribution in [0.2, 0.25) is 0 Å². The minimum Gasteiger partial charge on any atom is -0.497 e. The lowest BCUT2D eigenvalue weighted by atomic mass is 10.0. The molecule has 1 aliphatic carbocycles. The summed E-state index contributed by atoms with van der Waals surface area (Å²) < 4.78 is 10.8. The van der Waals surface area contributed by atoms with Gasteiger partial charge < -0.3 is 9.47 Å². The van der Waals surface area contributed by atoms with Crippen LogP contribution in [0.1, 0.15) is 33.3 Å². The van der Waals surface area contributed by atoms with E-state index in [2.05, 4.69) is 11.5 Å². The molecule has 1 atom stereocenters. The molecule has 0 bridgehead atoms. The van der Waals surface area contributed by atoms with Gasteiger partial charge in [0.2, 0.25) is 0 Å². The molecular formula is C16H20N2O2S. The summed E-state index contributed by atoms with van der Waals surface area (Å²) in [5.41, 5.74) is 5.39. The number of benzene rings is 1. The zero-order valence-corrected chi connectivity index (χ0v) is 13.1. The zero-order valence-electron chi connectivity index (χ0n) is 12.3. The SMILES string of the molecule is COc1ccc(OC)c(C(NN)c2cc3c(s2)CCC3)c1. The van der Waals surface area contributed by atoms with Crippen LogP contribution in [0.25, 0.3) is 0 Å². The first kappa shape index (κ1) is 14.4. The van der Waals surface area contributed by atoms with Gasteiger partial charge in [-0.25, -0.2) is 5.43 Å². The van der Waals surface area contributed by atoms with Crippen LogP contribution in [0.5, 0.6) is 11.5 Å². The fourth-order valence-electron chi connectivity index (χ4n) is 2.88. The molecule has 4 nitrogen and oxygen atoms in total. The lowest BCUT2D eigenvalue weighted by Gasteiger charge is -2.19. The summed E-state index contributed by atoms with van der Waals surface area (Å²) in [5.74, 6) is 7.44. The number of methoxy groups -OCH3 is 2. The second kappa shape index (κ2) is 6.05. The van der Waals surface area contributed by atoms with E-state index in [1.54, 1.807) is 14.2 Å². The van der Waals surface area contributed by atoms with Gasteiger partial charge in [0.05, 0.1) is 20.3 Å². The Morgan fingerprint density at radius 3 is 2.71 bits per heavy atom. The van der Waals surface area contributed by atoms with E-state index in [-0.39, 0.29) is 6.04 Å². The summed E-state index contributed by atoms with van der Waals surface area (Å²) in [6, 6.07) is 7.99. The quantitative estimate of drug-likeness (QED) is 0.659. The molecule has 0 saturated carbocycles. The smallest absolute Gasteiger partial charge is 0.124 e. The summed E-state index contributed by atoms with van der Waals surface area (Å²) in [4.78, 5) is 2.72. The second-order valence-corrected chi connectivity index (χ2v) is 6.33. The Labute approximate surface area is 128 Å². The molecule has 1 heterocycles. The first-order valence-corrected chi connectivity index (χ1v) is 7.88. The fraction of sp³-hybridized carbons (Fsp3) is 0.375. The number of nitrogens with one attached hydrogen (secondary N) is 1. The third-order valence-electron chi connectivity index (χ3n) is 3.96. The van der Waals surface area contributed by atoms with Crippen LogP contribution < -0.4 is 20.7 Å². The maximum absolute atomic E-state index is 5.83. The largest absolute Gasteiger partial charge is 0.497 e. The van der Waals surface area contributed by atoms with Crippen molar-refractivity contribution in [2.24, 2.45) is 5.84 Å². The molecule has 5 heteroatoms. The molecule has 2 aromatic rings. The number of thiophene rings is 1. The van der Waals surface area contributed by atoms with Gasteiger partial charge in [-0.05, 0) is 49.1 Å². The van der Waals surface area contributed by atoms with Crippen LogP contribution in [0.4, 0.5) is 0 Å². The third kappa shape index (κ3) is 2.64. The fourth-order valence-corrected chi connectivity index (χ4v) is 4.22. The highest BCUT2D eigenvalue weighted by Crippen LogP contribution is 2.39. The lowest BCUT2D eigenvalue weighted by molar-refractivity contribution is 0.394. The molecule has 1 unspecified atom stereocenters. The van der Waals surface area contributed by atoms with Gasteiger partial charge in [-0.1, -0.05) is 0 Å². The van der Waals surface area contributed by atoms with Crippen molar-refractivity contribution in [3.8, 4) is 11.5 Å². The Bertz CT molecular complexity index is 618. The van der Waals surface area contributed by atoms with E-state index in [9.17, 15) is 0 Å². The Kier molecular flexibility index (Phi) is 4.14. The first-order valence-electron chi connectivity index (χ1n) is 7.06. The van der Waals surface area contributed by atoms with E-state index in [1.165, 1.54) is 34.6 Å². The molecule has 3 rings (SSSR count). The number of aryl methyl sites for hydroxylation is 2. The first-order chi connectivity index (χ1) is 10.3. The van der Waals surface area contributed by atoms with Gasteiger partial charge in [0, 0.05) is 15.3 Å². The highest BCUT2D eigenvalue weighted by molar-refractivity contribution is 7.12. The normalized spacial score (nSPS) is 14.8. The van der Waals surface area contributed by atoms with Gasteiger partial charge in [-0.2, -0.15) is 0 Å². The van der Waals surface area contributed by atoms with E-state index < -0.39 is 0 Å². The van der Waals surface area contributed by atoms with Gasteiger partial charge in [0.25, 0.3) is 0 Å². The van der Waals surface area contributed by atoms with Crippen molar-refractivity contribution in [2.45, 2.75) is 25.3 Å². The van der Waals surface area contributed by atoms with Crippen molar-refractivity contribution in [3.05, 3.63) is 45.1 Å². The van der Waals surface area contributed by atoms with E-state index in [0.29, 0.717) is 0 Å². The molecule has 0 aliphatic heterocycles. The molecule has 0 radical (unpaired) electrons. The van der Waals surface area contributed by atoms with Crippen LogP contribution in [-0.2, 0) is 12.8 Å². The average molecular weight is 304 g/mol. The molecule has 1 aromatic heterocycles. The molecule has 21 heavy (non-hydrogen) atoms. The summed E-state index contributed by atoms with van der Waals surface area (Å²) in [5, 5.41) is 0. The van der Waals surface area contributed by atoms with Crippen LogP contribution in [0.15, 0.2) is 24.3 Å². The van der Waals surface area contributed by atoms with Crippen molar-refractivity contribution in [3.63, 3.8) is 0 Å². The number of rotatable bonds is 5. The van der Waals surface area contributed by atoms with Gasteiger partial charge in [0.15, 0.2) is 0 Å². The average Bonchev–Trinajstić information content (AvgIpc) is 3.09. The van der Waals surface area contributed by atoms with Crippen LogP contribution in [0, 0.1) is 0 Å². The van der Waals surface area contributed by atoms with E-state index in [0.717, 1.165) is 17.1 Å². The Morgan fingerprint density at radius 1 is 1.19 bits per heavy atom. The Hall–Kier alpha value is -1.56. The summed E-state index contributed by atoms with van der Waals surface area (Å²) in [6.07, 6.45) is 3.63. The van der Waals surface area contributed by atoms with Crippen molar-refractivity contribution in [1.29, 1.82) is 0 Å². The van der Waals surface area contributed by atoms with Crippen LogP contribution in [-0.4, -0.2) is 14.2 Å². The highest BCUT2D eigenvalue weighted by Gasteiger charge is 2.23. The molecule has 0 fully saturated rings. The van der Waals surface area contributed by atoms with Gasteiger partial charge in [-0.15, -0.1) is 11.3 Å². The predicted octanol–water partition coefficient (Wildman–Crippen LogP) is 2.81. The molecule has 112 valence electrons. The number of nitrogens with two attached hydrogens (primary N) is 1.